The Labute approximate surface area is 133 Å². The minimum atomic E-state index is -1.05. The Morgan fingerprint density at radius 2 is 1.65 bits per heavy atom. The molecule has 0 amide bonds. The summed E-state index contributed by atoms with van der Waals surface area (Å²) < 4.78 is 5.77. The van der Waals surface area contributed by atoms with Crippen LogP contribution in [-0.4, -0.2) is 17.7 Å². The maximum atomic E-state index is 12.5. The first-order chi connectivity index (χ1) is 11.2. The molecule has 4 rings (SSSR count). The lowest BCUT2D eigenvalue weighted by Gasteiger charge is -2.25. The number of carbonyl (C=O) groups excluding carboxylic acids is 2. The van der Waals surface area contributed by atoms with Crippen molar-refractivity contribution in [3.05, 3.63) is 77.9 Å². The number of fused-ring (bicyclic) bond motifs is 3. The molecule has 112 valence electrons. The Balaban J connectivity index is 1.74. The molecule has 1 aliphatic heterocycles. The van der Waals surface area contributed by atoms with E-state index in [-0.39, 0.29) is 18.0 Å². The van der Waals surface area contributed by atoms with E-state index in [1.54, 1.807) is 24.3 Å². The van der Waals surface area contributed by atoms with Gasteiger partial charge in [-0.05, 0) is 16.8 Å². The largest absolute Gasteiger partial charge is 0.474 e. The molecule has 23 heavy (non-hydrogen) atoms. The predicted molar refractivity (Wildman–Crippen MR) is 87.8 cm³/mol. The minimum absolute atomic E-state index is 0.192. The van der Waals surface area contributed by atoms with E-state index in [9.17, 15) is 9.59 Å². The smallest absolute Gasteiger partial charge is 0.219 e. The molecule has 1 atom stereocenters. The Bertz CT molecular complexity index is 913. The fraction of sp³-hybridized carbons (Fsp3) is 0.100. The van der Waals surface area contributed by atoms with Crippen LogP contribution in [0.4, 0.5) is 0 Å². The van der Waals surface area contributed by atoms with Gasteiger partial charge in [-0.25, -0.2) is 0 Å². The molecule has 0 spiro atoms. The molecule has 1 unspecified atom stereocenters. The molecule has 0 bridgehead atoms. The van der Waals surface area contributed by atoms with Crippen molar-refractivity contribution in [1.82, 2.24) is 0 Å². The van der Waals surface area contributed by atoms with Gasteiger partial charge in [0.05, 0.1) is 0 Å². The summed E-state index contributed by atoms with van der Waals surface area (Å²) in [4.78, 5) is 25.0. The van der Waals surface area contributed by atoms with Gasteiger partial charge in [-0.15, -0.1) is 0 Å². The first kappa shape index (κ1) is 13.7. The lowest BCUT2D eigenvalue weighted by molar-refractivity contribution is -0.124. The molecule has 1 aliphatic rings. The number of benzene rings is 3. The van der Waals surface area contributed by atoms with Crippen LogP contribution in [0.2, 0.25) is 0 Å². The average Bonchev–Trinajstić information content (AvgIpc) is 2.61. The highest BCUT2D eigenvalue weighted by Gasteiger charge is 2.34. The molecule has 0 aromatic heterocycles. The summed E-state index contributed by atoms with van der Waals surface area (Å²) >= 11 is 0. The van der Waals surface area contributed by atoms with Crippen molar-refractivity contribution in [3.8, 4) is 5.75 Å². The van der Waals surface area contributed by atoms with Gasteiger partial charge in [0.15, 0.2) is 5.78 Å². The number of rotatable bonds is 2. The van der Waals surface area contributed by atoms with Gasteiger partial charge in [-0.3, -0.25) is 9.59 Å². The average molecular weight is 302 g/mol. The summed E-state index contributed by atoms with van der Waals surface area (Å²) in [5, 5.41) is 2.07. The van der Waals surface area contributed by atoms with Crippen molar-refractivity contribution in [3.63, 3.8) is 0 Å². The molecule has 3 heteroatoms. The first-order valence-corrected chi connectivity index (χ1v) is 7.53. The number of hydrogen-bond donors (Lipinski definition) is 0. The summed E-state index contributed by atoms with van der Waals surface area (Å²) in [5.74, 6) is 0.148. The maximum Gasteiger partial charge on any atom is 0.219 e. The molecular weight excluding hydrogens is 288 g/mol. The lowest BCUT2D eigenvalue weighted by Crippen LogP contribution is -2.40. The van der Waals surface area contributed by atoms with Gasteiger partial charge in [-0.1, -0.05) is 60.7 Å². The first-order valence-electron chi connectivity index (χ1n) is 7.53. The summed E-state index contributed by atoms with van der Waals surface area (Å²) in [6.45, 7) is 0. The zero-order chi connectivity index (χ0) is 15.8. The molecule has 0 aliphatic carbocycles. The highest BCUT2D eigenvalue weighted by Crippen LogP contribution is 2.33. The van der Waals surface area contributed by atoms with Crippen molar-refractivity contribution in [2.24, 2.45) is 0 Å². The second-order valence-electron chi connectivity index (χ2n) is 5.63. The highest BCUT2D eigenvalue weighted by atomic mass is 16.5. The molecular formula is C20H14O3. The minimum Gasteiger partial charge on any atom is -0.474 e. The molecule has 3 nitrogen and oxygen atoms in total. The van der Waals surface area contributed by atoms with Crippen LogP contribution in [0.15, 0.2) is 66.7 Å². The van der Waals surface area contributed by atoms with Crippen molar-refractivity contribution in [2.75, 3.05) is 0 Å². The van der Waals surface area contributed by atoms with E-state index in [0.29, 0.717) is 11.3 Å². The van der Waals surface area contributed by atoms with Crippen molar-refractivity contribution >= 4 is 22.3 Å². The van der Waals surface area contributed by atoms with Crippen LogP contribution in [0.25, 0.3) is 10.8 Å². The van der Waals surface area contributed by atoms with Crippen LogP contribution in [0.5, 0.6) is 5.75 Å². The van der Waals surface area contributed by atoms with Crippen molar-refractivity contribution in [2.45, 2.75) is 12.5 Å². The molecule has 0 fully saturated rings. The topological polar surface area (TPSA) is 43.4 Å². The Hall–Kier alpha value is -2.94. The summed E-state index contributed by atoms with van der Waals surface area (Å²) in [6, 6.07) is 20.5. The van der Waals surface area contributed by atoms with E-state index < -0.39 is 6.10 Å². The van der Waals surface area contributed by atoms with Crippen LogP contribution >= 0.6 is 0 Å². The standard InChI is InChI=1S/C20H14O3/c21-17-12-16-15-9-5-4-6-13(15)10-11-18(16)23-20(17)19(22)14-7-2-1-3-8-14/h1-11,20H,12H2. The molecule has 3 aromatic rings. The SMILES string of the molecule is O=C1Cc2c(ccc3ccccc23)OC1C(=O)c1ccccc1. The van der Waals surface area contributed by atoms with Crippen molar-refractivity contribution < 1.29 is 14.3 Å². The molecule has 0 saturated heterocycles. The molecule has 1 heterocycles. The maximum absolute atomic E-state index is 12.5. The number of Topliss-reactive ketones (excluding diaryl/α,β-unsaturated/α-hetero) is 2. The predicted octanol–water partition coefficient (Wildman–Crippen LogP) is 3.60. The third-order valence-electron chi connectivity index (χ3n) is 4.18. The van der Waals surface area contributed by atoms with Crippen LogP contribution in [0, 0.1) is 0 Å². The van der Waals surface area contributed by atoms with E-state index in [0.717, 1.165) is 16.3 Å². The van der Waals surface area contributed by atoms with E-state index in [1.165, 1.54) is 0 Å². The van der Waals surface area contributed by atoms with Gasteiger partial charge in [0.1, 0.15) is 5.75 Å². The third kappa shape index (κ3) is 2.30. The third-order valence-corrected chi connectivity index (χ3v) is 4.18. The quantitative estimate of drug-likeness (QED) is 0.536. The number of ketones is 2. The zero-order valence-corrected chi connectivity index (χ0v) is 12.4. The lowest BCUT2D eigenvalue weighted by atomic mass is 9.92. The highest BCUT2D eigenvalue weighted by molar-refractivity contribution is 6.15. The van der Waals surface area contributed by atoms with E-state index >= 15 is 0 Å². The zero-order valence-electron chi connectivity index (χ0n) is 12.4. The Morgan fingerprint density at radius 1 is 0.913 bits per heavy atom. The van der Waals surface area contributed by atoms with Crippen molar-refractivity contribution in [1.29, 1.82) is 0 Å². The number of hydrogen-bond acceptors (Lipinski definition) is 3. The fourth-order valence-corrected chi connectivity index (χ4v) is 3.02. The van der Waals surface area contributed by atoms with Crippen LogP contribution in [0.1, 0.15) is 15.9 Å². The van der Waals surface area contributed by atoms with Gasteiger partial charge in [0, 0.05) is 17.5 Å². The Kier molecular flexibility index (Phi) is 3.19. The van der Waals surface area contributed by atoms with Crippen LogP contribution in [-0.2, 0) is 11.2 Å². The summed E-state index contributed by atoms with van der Waals surface area (Å²) in [6.07, 6.45) is -0.828. The van der Waals surface area contributed by atoms with Gasteiger partial charge in [-0.2, -0.15) is 0 Å². The normalized spacial score (nSPS) is 16.7. The number of ether oxygens (including phenoxy) is 1. The molecule has 3 aromatic carbocycles. The van der Waals surface area contributed by atoms with E-state index in [1.807, 2.05) is 42.5 Å². The van der Waals surface area contributed by atoms with Crippen LogP contribution in [0.3, 0.4) is 0 Å². The van der Waals surface area contributed by atoms with Gasteiger partial charge in [0.25, 0.3) is 0 Å². The molecule has 0 saturated carbocycles. The fourth-order valence-electron chi connectivity index (χ4n) is 3.02. The van der Waals surface area contributed by atoms with Gasteiger partial charge >= 0.3 is 0 Å². The van der Waals surface area contributed by atoms with E-state index in [4.69, 9.17) is 4.74 Å². The second kappa shape index (κ2) is 5.36. The number of carbonyl (C=O) groups is 2. The Morgan fingerprint density at radius 3 is 2.48 bits per heavy atom. The molecule has 0 radical (unpaired) electrons. The van der Waals surface area contributed by atoms with E-state index in [2.05, 4.69) is 0 Å². The van der Waals surface area contributed by atoms with Crippen LogP contribution < -0.4 is 4.74 Å². The van der Waals surface area contributed by atoms with Gasteiger partial charge < -0.3 is 4.74 Å². The molecule has 0 N–H and O–H groups in total. The summed E-state index contributed by atoms with van der Waals surface area (Å²) in [5.41, 5.74) is 1.36. The second-order valence-corrected chi connectivity index (χ2v) is 5.63. The summed E-state index contributed by atoms with van der Waals surface area (Å²) in [7, 11) is 0. The van der Waals surface area contributed by atoms with Gasteiger partial charge in [0.2, 0.25) is 11.9 Å². The monoisotopic (exact) mass is 302 g/mol.